The third-order valence-electron chi connectivity index (χ3n) is 7.53. The van der Waals surface area contributed by atoms with Crippen LogP contribution in [0.25, 0.3) is 22.4 Å². The number of nitrogens with one attached hydrogen (secondary N) is 1. The van der Waals surface area contributed by atoms with Gasteiger partial charge in [-0.3, -0.25) is 14.9 Å². The van der Waals surface area contributed by atoms with E-state index in [-0.39, 0.29) is 17.8 Å². The Labute approximate surface area is 227 Å². The summed E-state index contributed by atoms with van der Waals surface area (Å²) >= 11 is 0. The van der Waals surface area contributed by atoms with Gasteiger partial charge < -0.3 is 28.5 Å². The van der Waals surface area contributed by atoms with Gasteiger partial charge in [-0.05, 0) is 56.9 Å². The van der Waals surface area contributed by atoms with Gasteiger partial charge in [-0.15, -0.1) is 0 Å². The van der Waals surface area contributed by atoms with E-state index in [2.05, 4.69) is 16.0 Å². The quantitative estimate of drug-likeness (QED) is 0.399. The SMILES string of the molecule is Cc1cc(-c2nc3ccc(CN[C@H](C(=O)O[C@H]4CCOC4)[C@H](C)O)cc3n2C[C@@H]2CCCCO2)cn(C)c1=O. The summed E-state index contributed by atoms with van der Waals surface area (Å²) in [6.07, 6.45) is 4.57. The number of carbonyl (C=O) groups is 1. The molecule has 2 aliphatic rings. The Kier molecular flexibility index (Phi) is 8.46. The molecular weight excluding hydrogens is 500 g/mol. The molecule has 0 radical (unpaired) electrons. The fraction of sp³-hybridized carbons (Fsp3) is 0.552. The Balaban J connectivity index is 1.43. The van der Waals surface area contributed by atoms with E-state index in [0.717, 1.165) is 53.9 Å². The van der Waals surface area contributed by atoms with E-state index < -0.39 is 18.1 Å². The van der Waals surface area contributed by atoms with Crippen molar-refractivity contribution in [1.29, 1.82) is 0 Å². The highest BCUT2D eigenvalue weighted by atomic mass is 16.6. The van der Waals surface area contributed by atoms with Gasteiger partial charge in [0.15, 0.2) is 0 Å². The summed E-state index contributed by atoms with van der Waals surface area (Å²) in [5.41, 5.74) is 4.23. The Morgan fingerprint density at radius 3 is 2.79 bits per heavy atom. The normalized spacial score (nSPS) is 21.2. The Hall–Kier alpha value is -3.05. The zero-order valence-electron chi connectivity index (χ0n) is 22.9. The number of esters is 1. The summed E-state index contributed by atoms with van der Waals surface area (Å²) in [4.78, 5) is 30.0. The van der Waals surface area contributed by atoms with Crippen molar-refractivity contribution < 1.29 is 24.1 Å². The molecule has 210 valence electrons. The monoisotopic (exact) mass is 538 g/mol. The molecule has 0 aliphatic carbocycles. The molecule has 1 aromatic carbocycles. The Morgan fingerprint density at radius 1 is 1.26 bits per heavy atom. The molecular formula is C29H38N4O6. The van der Waals surface area contributed by atoms with Crippen LogP contribution in [0.5, 0.6) is 0 Å². The minimum absolute atomic E-state index is 0.0305. The van der Waals surface area contributed by atoms with E-state index in [1.165, 1.54) is 0 Å². The molecule has 2 fully saturated rings. The second-order valence-corrected chi connectivity index (χ2v) is 10.7. The van der Waals surface area contributed by atoms with Crippen LogP contribution in [0, 0.1) is 6.92 Å². The van der Waals surface area contributed by atoms with Gasteiger partial charge in [-0.2, -0.15) is 0 Å². The maximum Gasteiger partial charge on any atom is 0.326 e. The summed E-state index contributed by atoms with van der Waals surface area (Å²) in [6, 6.07) is 7.03. The first kappa shape index (κ1) is 27.5. The molecule has 10 nitrogen and oxygen atoms in total. The summed E-state index contributed by atoms with van der Waals surface area (Å²) in [7, 11) is 1.75. The minimum atomic E-state index is -0.919. The maximum atomic E-state index is 12.7. The molecule has 0 bridgehead atoms. The third-order valence-corrected chi connectivity index (χ3v) is 7.53. The average molecular weight is 539 g/mol. The zero-order valence-corrected chi connectivity index (χ0v) is 22.9. The van der Waals surface area contributed by atoms with Gasteiger partial charge in [-0.25, -0.2) is 4.98 Å². The molecule has 0 spiro atoms. The van der Waals surface area contributed by atoms with Crippen LogP contribution in [-0.2, 0) is 39.1 Å². The zero-order chi connectivity index (χ0) is 27.5. The van der Waals surface area contributed by atoms with Crippen LogP contribution in [-0.4, -0.2) is 69.4 Å². The van der Waals surface area contributed by atoms with Crippen molar-refractivity contribution in [1.82, 2.24) is 19.4 Å². The number of hydrogen-bond acceptors (Lipinski definition) is 8. The number of fused-ring (bicyclic) bond motifs is 1. The first-order chi connectivity index (χ1) is 18.8. The number of carbonyl (C=O) groups excluding carboxylic acids is 1. The number of aliphatic hydroxyl groups is 1. The predicted molar refractivity (Wildman–Crippen MR) is 146 cm³/mol. The molecule has 5 rings (SSSR count). The third kappa shape index (κ3) is 6.24. The van der Waals surface area contributed by atoms with Crippen molar-refractivity contribution in [3.63, 3.8) is 0 Å². The first-order valence-corrected chi connectivity index (χ1v) is 13.8. The van der Waals surface area contributed by atoms with Crippen LogP contribution in [0.4, 0.5) is 0 Å². The number of aliphatic hydroxyl groups excluding tert-OH is 1. The van der Waals surface area contributed by atoms with Crippen LogP contribution in [0.1, 0.15) is 43.7 Å². The number of nitrogens with zero attached hydrogens (tertiary/aromatic N) is 3. The molecule has 39 heavy (non-hydrogen) atoms. The number of imidazole rings is 1. The van der Waals surface area contributed by atoms with Crippen molar-refractivity contribution in [2.45, 2.75) is 77.0 Å². The second kappa shape index (κ2) is 12.0. The lowest BCUT2D eigenvalue weighted by Gasteiger charge is -2.24. The number of aryl methyl sites for hydroxylation is 2. The van der Waals surface area contributed by atoms with Gasteiger partial charge in [0.05, 0.1) is 43.0 Å². The van der Waals surface area contributed by atoms with Gasteiger partial charge in [0.25, 0.3) is 5.56 Å². The summed E-state index contributed by atoms with van der Waals surface area (Å²) in [5, 5.41) is 13.5. The van der Waals surface area contributed by atoms with Crippen molar-refractivity contribution in [2.75, 3.05) is 19.8 Å². The molecule has 2 N–H and O–H groups in total. The lowest BCUT2D eigenvalue weighted by atomic mass is 10.1. The molecule has 2 saturated heterocycles. The summed E-state index contributed by atoms with van der Waals surface area (Å²) in [5.74, 6) is 0.306. The van der Waals surface area contributed by atoms with Gasteiger partial charge >= 0.3 is 5.97 Å². The van der Waals surface area contributed by atoms with E-state index in [4.69, 9.17) is 19.2 Å². The molecule has 4 atom stereocenters. The molecule has 2 aromatic heterocycles. The number of pyridine rings is 1. The van der Waals surface area contributed by atoms with E-state index in [9.17, 15) is 14.7 Å². The second-order valence-electron chi connectivity index (χ2n) is 10.7. The summed E-state index contributed by atoms with van der Waals surface area (Å²) in [6.45, 7) is 6.12. The van der Waals surface area contributed by atoms with Gasteiger partial charge in [0.1, 0.15) is 18.0 Å². The van der Waals surface area contributed by atoms with Crippen LogP contribution < -0.4 is 10.9 Å². The predicted octanol–water partition coefficient (Wildman–Crippen LogP) is 2.45. The molecule has 0 saturated carbocycles. The minimum Gasteiger partial charge on any atom is -0.459 e. The van der Waals surface area contributed by atoms with Crippen molar-refractivity contribution in [3.05, 3.63) is 51.9 Å². The van der Waals surface area contributed by atoms with Crippen LogP contribution in [0.2, 0.25) is 0 Å². The van der Waals surface area contributed by atoms with E-state index in [1.807, 2.05) is 31.3 Å². The fourth-order valence-corrected chi connectivity index (χ4v) is 5.36. The lowest BCUT2D eigenvalue weighted by molar-refractivity contribution is -0.154. The smallest absolute Gasteiger partial charge is 0.326 e. The van der Waals surface area contributed by atoms with E-state index >= 15 is 0 Å². The largest absolute Gasteiger partial charge is 0.459 e. The van der Waals surface area contributed by atoms with Crippen molar-refractivity contribution in [3.8, 4) is 11.4 Å². The number of ether oxygens (including phenoxy) is 3. The van der Waals surface area contributed by atoms with E-state index in [1.54, 1.807) is 18.5 Å². The highest BCUT2D eigenvalue weighted by Gasteiger charge is 2.29. The number of hydrogen-bond donors (Lipinski definition) is 2. The standard InChI is InChI=1S/C29H38N4O6/c1-18-12-21(15-32(3)28(18)35)27-31-24-8-7-20(13-25(24)33(27)16-22-6-4-5-10-38-22)14-30-26(19(2)34)29(36)39-23-9-11-37-17-23/h7-8,12-13,15,19,22-23,26,30,34H,4-6,9-11,14,16-17H2,1-3H3/t19-,22-,23-,26-/m0/s1. The van der Waals surface area contributed by atoms with E-state index in [0.29, 0.717) is 38.3 Å². The molecule has 2 aliphatic heterocycles. The lowest BCUT2D eigenvalue weighted by Crippen LogP contribution is -2.46. The molecule has 0 unspecified atom stereocenters. The van der Waals surface area contributed by atoms with Crippen molar-refractivity contribution >= 4 is 17.0 Å². The highest BCUT2D eigenvalue weighted by Crippen LogP contribution is 2.28. The van der Waals surface area contributed by atoms with Gasteiger partial charge in [0, 0.05) is 43.9 Å². The summed E-state index contributed by atoms with van der Waals surface area (Å²) < 4.78 is 20.7. The number of benzene rings is 1. The Bertz CT molecular complexity index is 1340. The molecule has 3 aromatic rings. The maximum absolute atomic E-state index is 12.7. The highest BCUT2D eigenvalue weighted by molar-refractivity contribution is 5.81. The molecule has 4 heterocycles. The number of aromatic nitrogens is 3. The van der Waals surface area contributed by atoms with Crippen LogP contribution in [0.15, 0.2) is 35.3 Å². The van der Waals surface area contributed by atoms with Gasteiger partial charge in [-0.1, -0.05) is 6.07 Å². The fourth-order valence-electron chi connectivity index (χ4n) is 5.36. The van der Waals surface area contributed by atoms with Crippen LogP contribution in [0.3, 0.4) is 0 Å². The molecule has 10 heteroatoms. The molecule has 0 amide bonds. The Morgan fingerprint density at radius 2 is 2.10 bits per heavy atom. The first-order valence-electron chi connectivity index (χ1n) is 13.8. The topological polar surface area (TPSA) is 117 Å². The number of rotatable bonds is 9. The van der Waals surface area contributed by atoms with Gasteiger partial charge in [0.2, 0.25) is 0 Å². The van der Waals surface area contributed by atoms with Crippen molar-refractivity contribution in [2.24, 2.45) is 7.05 Å². The average Bonchev–Trinajstić information content (AvgIpc) is 3.55. The van der Waals surface area contributed by atoms with Crippen LogP contribution >= 0.6 is 0 Å².